The van der Waals surface area contributed by atoms with Crippen LogP contribution in [-0.2, 0) is 4.79 Å². The highest BCUT2D eigenvalue weighted by atomic mass is 16.6. The second-order valence-corrected chi connectivity index (χ2v) is 6.88. The van der Waals surface area contributed by atoms with Crippen molar-refractivity contribution in [3.8, 4) is 0 Å². The van der Waals surface area contributed by atoms with E-state index in [1.165, 1.54) is 28.8 Å². The molecule has 0 saturated carbocycles. The van der Waals surface area contributed by atoms with E-state index in [0.717, 1.165) is 32.2 Å². The molecular weight excluding hydrogens is 374 g/mol. The summed E-state index contributed by atoms with van der Waals surface area (Å²) in [5, 5.41) is 10.8. The van der Waals surface area contributed by atoms with Gasteiger partial charge in [0.25, 0.3) is 11.6 Å². The number of hydrogen-bond acceptors (Lipinski definition) is 5. The molecule has 0 aromatic heterocycles. The second kappa shape index (κ2) is 9.65. The lowest BCUT2D eigenvalue weighted by molar-refractivity contribution is -0.900. The number of rotatable bonds is 6. The summed E-state index contributed by atoms with van der Waals surface area (Å²) in [6, 6.07) is 15.6. The summed E-state index contributed by atoms with van der Waals surface area (Å²) in [6.45, 7) is 4.44. The van der Waals surface area contributed by atoms with E-state index in [4.69, 9.17) is 0 Å². The number of nitro benzene ring substituents is 1. The monoisotopic (exact) mass is 398 g/mol. The zero-order valence-electron chi connectivity index (χ0n) is 16.0. The summed E-state index contributed by atoms with van der Waals surface area (Å²) in [5.74, 6) is -0.882. The van der Waals surface area contributed by atoms with Gasteiger partial charge in [-0.3, -0.25) is 30.6 Å². The van der Waals surface area contributed by atoms with Crippen molar-refractivity contribution in [2.45, 2.75) is 6.42 Å². The summed E-state index contributed by atoms with van der Waals surface area (Å²) < 4.78 is 0. The van der Waals surface area contributed by atoms with Crippen LogP contribution in [0.5, 0.6) is 0 Å². The van der Waals surface area contributed by atoms with Crippen LogP contribution in [0.4, 0.5) is 11.4 Å². The van der Waals surface area contributed by atoms with E-state index >= 15 is 0 Å². The third kappa shape index (κ3) is 5.76. The van der Waals surface area contributed by atoms with E-state index in [2.05, 4.69) is 27.9 Å². The Bertz CT molecular complexity index is 866. The number of anilines is 1. The lowest BCUT2D eigenvalue weighted by atomic mass is 10.2. The van der Waals surface area contributed by atoms with E-state index in [-0.39, 0.29) is 23.6 Å². The van der Waals surface area contributed by atoms with Crippen LogP contribution in [-0.4, -0.2) is 49.5 Å². The fourth-order valence-electron chi connectivity index (χ4n) is 3.28. The molecule has 0 radical (unpaired) electrons. The molecule has 1 fully saturated rings. The SMILES string of the molecule is O=C(CC[NH+]1CCN(c2ccccc2)CC1)NNC(=O)c1cccc([N+](=O)[O-])c1. The predicted molar refractivity (Wildman–Crippen MR) is 108 cm³/mol. The molecule has 2 amide bonds. The molecule has 2 aromatic rings. The lowest BCUT2D eigenvalue weighted by Gasteiger charge is -2.33. The van der Waals surface area contributed by atoms with Crippen molar-refractivity contribution in [2.24, 2.45) is 0 Å². The first-order valence-electron chi connectivity index (χ1n) is 9.50. The molecule has 0 unspecified atom stereocenters. The molecule has 0 spiro atoms. The molecule has 2 aromatic carbocycles. The minimum atomic E-state index is -0.592. The molecule has 1 aliphatic rings. The van der Waals surface area contributed by atoms with Gasteiger partial charge in [-0.05, 0) is 18.2 Å². The van der Waals surface area contributed by atoms with E-state index in [1.807, 2.05) is 18.2 Å². The fourth-order valence-corrected chi connectivity index (χ4v) is 3.28. The van der Waals surface area contributed by atoms with Crippen LogP contribution in [0.3, 0.4) is 0 Å². The zero-order valence-corrected chi connectivity index (χ0v) is 16.0. The number of hydrogen-bond donors (Lipinski definition) is 3. The number of hydrazine groups is 1. The topological polar surface area (TPSA) is 109 Å². The Morgan fingerprint density at radius 1 is 1.03 bits per heavy atom. The van der Waals surface area contributed by atoms with Gasteiger partial charge >= 0.3 is 0 Å². The van der Waals surface area contributed by atoms with Crippen LogP contribution in [0.25, 0.3) is 0 Å². The van der Waals surface area contributed by atoms with E-state index in [9.17, 15) is 19.7 Å². The van der Waals surface area contributed by atoms with E-state index in [1.54, 1.807) is 0 Å². The quantitative estimate of drug-likeness (QED) is 0.474. The third-order valence-electron chi connectivity index (χ3n) is 4.93. The standard InChI is InChI=1S/C20H23N5O4/c26-19(21-22-20(27)16-5-4-8-18(15-16)25(28)29)9-10-23-11-13-24(14-12-23)17-6-2-1-3-7-17/h1-8,15H,9-14H2,(H,21,26)(H,22,27)/p+1. The van der Waals surface area contributed by atoms with Gasteiger partial charge in [0.1, 0.15) is 0 Å². The highest BCUT2D eigenvalue weighted by molar-refractivity contribution is 5.95. The van der Waals surface area contributed by atoms with Gasteiger partial charge in [-0.15, -0.1) is 0 Å². The van der Waals surface area contributed by atoms with Crippen molar-refractivity contribution in [1.82, 2.24) is 10.9 Å². The highest BCUT2D eigenvalue weighted by Crippen LogP contribution is 2.13. The highest BCUT2D eigenvalue weighted by Gasteiger charge is 2.21. The van der Waals surface area contributed by atoms with Gasteiger partial charge in [-0.25, -0.2) is 0 Å². The molecule has 1 aliphatic heterocycles. The first-order valence-corrected chi connectivity index (χ1v) is 9.50. The van der Waals surface area contributed by atoms with Crippen molar-refractivity contribution >= 4 is 23.2 Å². The molecule has 152 valence electrons. The zero-order chi connectivity index (χ0) is 20.6. The summed E-state index contributed by atoms with van der Waals surface area (Å²) in [4.78, 5) is 38.0. The second-order valence-electron chi connectivity index (χ2n) is 6.88. The van der Waals surface area contributed by atoms with Gasteiger partial charge in [0.05, 0.1) is 44.1 Å². The van der Waals surface area contributed by atoms with E-state index < -0.39 is 10.8 Å². The number of nitro groups is 1. The van der Waals surface area contributed by atoms with Crippen LogP contribution in [0.2, 0.25) is 0 Å². The average Bonchev–Trinajstić information content (AvgIpc) is 2.77. The number of nitrogens with one attached hydrogen (secondary N) is 3. The number of carbonyl (C=O) groups is 2. The molecule has 0 atom stereocenters. The normalized spacial score (nSPS) is 14.3. The number of benzene rings is 2. The Labute approximate surface area is 168 Å². The maximum atomic E-state index is 12.0. The first-order chi connectivity index (χ1) is 14.0. The molecule has 29 heavy (non-hydrogen) atoms. The van der Waals surface area contributed by atoms with Crippen molar-refractivity contribution in [3.05, 3.63) is 70.3 Å². The largest absolute Gasteiger partial charge is 0.360 e. The molecule has 1 saturated heterocycles. The molecule has 3 N–H and O–H groups in total. The first kappa shape index (κ1) is 20.3. The Balaban J connectivity index is 1.38. The van der Waals surface area contributed by atoms with Gasteiger partial charge in [-0.2, -0.15) is 0 Å². The molecular formula is C20H24N5O4+. The van der Waals surface area contributed by atoms with Crippen molar-refractivity contribution in [3.63, 3.8) is 0 Å². The smallest absolute Gasteiger partial charge is 0.270 e. The van der Waals surface area contributed by atoms with Gasteiger partial charge in [0, 0.05) is 23.4 Å². The molecule has 3 rings (SSSR count). The minimum absolute atomic E-state index is 0.113. The number of non-ortho nitro benzene ring substituents is 1. The van der Waals surface area contributed by atoms with Crippen LogP contribution < -0.4 is 20.7 Å². The number of carbonyl (C=O) groups excluding carboxylic acids is 2. The van der Waals surface area contributed by atoms with Crippen molar-refractivity contribution in [2.75, 3.05) is 37.6 Å². The number of amides is 2. The molecule has 9 heteroatoms. The Hall–Kier alpha value is -3.46. The number of nitrogens with zero attached hydrogens (tertiary/aromatic N) is 2. The summed E-state index contributed by atoms with van der Waals surface area (Å²) in [7, 11) is 0. The number of para-hydroxylation sites is 1. The Morgan fingerprint density at radius 3 is 2.45 bits per heavy atom. The third-order valence-corrected chi connectivity index (χ3v) is 4.93. The summed E-state index contributed by atoms with van der Waals surface area (Å²) >= 11 is 0. The van der Waals surface area contributed by atoms with Crippen LogP contribution in [0.15, 0.2) is 54.6 Å². The lowest BCUT2D eigenvalue weighted by Crippen LogP contribution is -3.15. The average molecular weight is 398 g/mol. The Kier molecular flexibility index (Phi) is 6.75. The van der Waals surface area contributed by atoms with Crippen molar-refractivity contribution in [1.29, 1.82) is 0 Å². The van der Waals surface area contributed by atoms with E-state index in [0.29, 0.717) is 6.54 Å². The van der Waals surface area contributed by atoms with Gasteiger partial charge in [0.2, 0.25) is 5.91 Å². The van der Waals surface area contributed by atoms with Crippen LogP contribution in [0.1, 0.15) is 16.8 Å². The molecule has 0 aliphatic carbocycles. The number of piperazine rings is 1. The van der Waals surface area contributed by atoms with Crippen molar-refractivity contribution < 1.29 is 19.4 Å². The maximum Gasteiger partial charge on any atom is 0.270 e. The predicted octanol–water partition coefficient (Wildman–Crippen LogP) is 0.151. The number of quaternary nitrogens is 1. The van der Waals surface area contributed by atoms with Crippen LogP contribution in [0, 0.1) is 10.1 Å². The van der Waals surface area contributed by atoms with Gasteiger partial charge < -0.3 is 9.80 Å². The van der Waals surface area contributed by atoms with Gasteiger partial charge in [-0.1, -0.05) is 24.3 Å². The molecule has 0 bridgehead atoms. The van der Waals surface area contributed by atoms with Crippen LogP contribution >= 0.6 is 0 Å². The minimum Gasteiger partial charge on any atom is -0.360 e. The molecule has 1 heterocycles. The Morgan fingerprint density at radius 2 is 1.76 bits per heavy atom. The maximum absolute atomic E-state index is 12.0. The molecule has 9 nitrogen and oxygen atoms in total. The summed E-state index contributed by atoms with van der Waals surface area (Å²) in [6.07, 6.45) is 0.288. The fraction of sp³-hybridized carbons (Fsp3) is 0.300. The van der Waals surface area contributed by atoms with Gasteiger partial charge in [0.15, 0.2) is 0 Å². The summed E-state index contributed by atoms with van der Waals surface area (Å²) in [5.41, 5.74) is 5.82.